The van der Waals surface area contributed by atoms with Crippen molar-refractivity contribution in [1.82, 2.24) is 29.3 Å². The predicted molar refractivity (Wildman–Crippen MR) is 186 cm³/mol. The van der Waals surface area contributed by atoms with E-state index in [4.69, 9.17) is 29.3 Å². The number of hydrogen-bond acceptors (Lipinski definition) is 8. The molecule has 1 N–H and O–H groups in total. The van der Waals surface area contributed by atoms with Gasteiger partial charge < -0.3 is 19.5 Å². The van der Waals surface area contributed by atoms with Gasteiger partial charge in [-0.2, -0.15) is 5.10 Å². The lowest BCUT2D eigenvalue weighted by Gasteiger charge is -2.16. The summed E-state index contributed by atoms with van der Waals surface area (Å²) in [6.45, 7) is 16.3. The molecule has 0 saturated heterocycles. The highest BCUT2D eigenvalue weighted by Gasteiger charge is 2.21. The summed E-state index contributed by atoms with van der Waals surface area (Å²) < 4.78 is 21.6. The van der Waals surface area contributed by atoms with Crippen LogP contribution in [0, 0.1) is 0 Å². The number of methoxy groups -OCH3 is 1. The zero-order valence-electron chi connectivity index (χ0n) is 27.5. The third-order valence-corrected chi connectivity index (χ3v) is 10.7. The summed E-state index contributed by atoms with van der Waals surface area (Å²) >= 11 is 0. The van der Waals surface area contributed by atoms with Crippen molar-refractivity contribution in [3.63, 3.8) is 0 Å². The smallest absolute Gasteiger partial charge is 0.165 e. The van der Waals surface area contributed by atoms with Crippen LogP contribution >= 0.6 is 0 Å². The van der Waals surface area contributed by atoms with Crippen molar-refractivity contribution in [3.8, 4) is 28.7 Å². The molecule has 0 aliphatic heterocycles. The number of anilines is 2. The minimum Gasteiger partial charge on any atom is -0.497 e. The van der Waals surface area contributed by atoms with Crippen molar-refractivity contribution >= 4 is 38.7 Å². The first kappa shape index (κ1) is 32.5. The van der Waals surface area contributed by atoms with E-state index in [9.17, 15) is 0 Å². The van der Waals surface area contributed by atoms with E-state index < -0.39 is 16.1 Å². The minimum atomic E-state index is -1.23. The fourth-order valence-electron chi connectivity index (χ4n) is 4.67. The first-order valence-corrected chi connectivity index (χ1v) is 22.8. The number of rotatable bonds is 15. The van der Waals surface area contributed by atoms with Gasteiger partial charge in [0.05, 0.1) is 30.0 Å². The monoisotopic (exact) mass is 643 g/mol. The van der Waals surface area contributed by atoms with Crippen LogP contribution in [0.4, 0.5) is 11.5 Å². The Morgan fingerprint density at radius 2 is 1.56 bits per heavy atom. The molecule has 45 heavy (non-hydrogen) atoms. The maximum absolute atomic E-state index is 6.24. The van der Waals surface area contributed by atoms with Crippen LogP contribution in [0.3, 0.4) is 0 Å². The van der Waals surface area contributed by atoms with E-state index in [1.54, 1.807) is 13.3 Å². The summed E-state index contributed by atoms with van der Waals surface area (Å²) in [7, 11) is -0.792. The molecule has 238 valence electrons. The molecule has 0 aliphatic carbocycles. The summed E-state index contributed by atoms with van der Waals surface area (Å²) in [5.74, 6) is 2.69. The predicted octanol–water partition coefficient (Wildman–Crippen LogP) is 7.73. The van der Waals surface area contributed by atoms with Crippen molar-refractivity contribution in [1.29, 1.82) is 0 Å². The third-order valence-electron chi connectivity index (χ3n) is 7.31. The number of fused-ring (bicyclic) bond motifs is 1. The van der Waals surface area contributed by atoms with Crippen LogP contribution in [0.25, 0.3) is 33.9 Å². The number of nitrogens with zero attached hydrogens (tertiary/aromatic N) is 6. The zero-order valence-corrected chi connectivity index (χ0v) is 29.5. The Balaban J connectivity index is 1.49. The van der Waals surface area contributed by atoms with E-state index in [1.807, 2.05) is 59.4 Å². The third kappa shape index (κ3) is 8.88. The lowest BCUT2D eigenvalue weighted by Crippen LogP contribution is -2.22. The first-order valence-electron chi connectivity index (χ1n) is 15.4. The van der Waals surface area contributed by atoms with Crippen molar-refractivity contribution in [2.24, 2.45) is 0 Å². The van der Waals surface area contributed by atoms with Gasteiger partial charge in [-0.3, -0.25) is 4.57 Å². The number of para-hydroxylation sites is 2. The molecule has 0 aliphatic rings. The number of imidazole rings is 1. The molecule has 0 bridgehead atoms. The molecule has 2 aromatic carbocycles. The summed E-state index contributed by atoms with van der Waals surface area (Å²) in [5.41, 5.74) is 4.19. The van der Waals surface area contributed by atoms with Crippen LogP contribution in [-0.4, -0.2) is 65.8 Å². The molecule has 12 heteroatoms. The molecular formula is C33H45N7O3Si2. The Kier molecular flexibility index (Phi) is 10.2. The molecule has 0 saturated carbocycles. The van der Waals surface area contributed by atoms with E-state index in [2.05, 4.69) is 60.2 Å². The molecule has 5 aromatic rings. The van der Waals surface area contributed by atoms with E-state index >= 15 is 0 Å². The zero-order chi connectivity index (χ0) is 32.0. The van der Waals surface area contributed by atoms with Gasteiger partial charge in [-0.1, -0.05) is 63.5 Å². The maximum Gasteiger partial charge on any atom is 0.165 e. The van der Waals surface area contributed by atoms with Gasteiger partial charge in [0, 0.05) is 41.1 Å². The lowest BCUT2D eigenvalue weighted by molar-refractivity contribution is 0.0786. The Morgan fingerprint density at radius 3 is 2.29 bits per heavy atom. The number of benzene rings is 2. The number of ether oxygens (including phenoxy) is 3. The Bertz CT molecular complexity index is 1720. The highest BCUT2D eigenvalue weighted by molar-refractivity contribution is 6.76. The maximum atomic E-state index is 6.24. The van der Waals surface area contributed by atoms with Crippen LogP contribution in [0.1, 0.15) is 0 Å². The topological polar surface area (TPSA) is 101 Å². The average molecular weight is 644 g/mol. The van der Waals surface area contributed by atoms with E-state index in [1.165, 1.54) is 0 Å². The van der Waals surface area contributed by atoms with Crippen LogP contribution in [0.2, 0.25) is 51.4 Å². The van der Waals surface area contributed by atoms with Gasteiger partial charge >= 0.3 is 0 Å². The molecule has 0 fully saturated rings. The SMILES string of the molecule is COc1cccc(-c2nccc(Nc3cn(COCC[Si](C)(C)C)nc3-c3nc4ccccc4n3COCC[Si](C)(C)C)n2)c1. The highest BCUT2D eigenvalue weighted by Crippen LogP contribution is 2.32. The molecule has 0 atom stereocenters. The first-order chi connectivity index (χ1) is 21.5. The summed E-state index contributed by atoms with van der Waals surface area (Å²) in [6.07, 6.45) is 3.70. The van der Waals surface area contributed by atoms with Crippen molar-refractivity contribution in [2.45, 2.75) is 64.8 Å². The normalized spacial score (nSPS) is 12.2. The number of aromatic nitrogens is 6. The molecule has 0 spiro atoms. The minimum absolute atomic E-state index is 0.338. The van der Waals surface area contributed by atoms with Crippen LogP contribution < -0.4 is 10.1 Å². The largest absolute Gasteiger partial charge is 0.497 e. The number of nitrogens with one attached hydrogen (secondary N) is 1. The van der Waals surface area contributed by atoms with Gasteiger partial charge in [-0.15, -0.1) is 0 Å². The highest BCUT2D eigenvalue weighted by atomic mass is 28.3. The van der Waals surface area contributed by atoms with E-state index in [0.717, 1.165) is 45.9 Å². The Hall–Kier alpha value is -3.85. The average Bonchev–Trinajstić information content (AvgIpc) is 3.57. The van der Waals surface area contributed by atoms with Crippen molar-refractivity contribution in [2.75, 3.05) is 25.6 Å². The Morgan fingerprint density at radius 1 is 0.822 bits per heavy atom. The Labute approximate surface area is 267 Å². The van der Waals surface area contributed by atoms with Gasteiger partial charge in [0.15, 0.2) is 17.3 Å². The molecule has 5 rings (SSSR count). The van der Waals surface area contributed by atoms with Crippen molar-refractivity contribution < 1.29 is 14.2 Å². The molecule has 3 aromatic heterocycles. The summed E-state index contributed by atoms with van der Waals surface area (Å²) in [4.78, 5) is 14.4. The van der Waals surface area contributed by atoms with Crippen LogP contribution in [-0.2, 0) is 22.9 Å². The van der Waals surface area contributed by atoms with Gasteiger partial charge in [0.2, 0.25) is 0 Å². The van der Waals surface area contributed by atoms with Gasteiger partial charge in [-0.25, -0.2) is 19.6 Å². The van der Waals surface area contributed by atoms with E-state index in [-0.39, 0.29) is 0 Å². The van der Waals surface area contributed by atoms with Crippen LogP contribution in [0.15, 0.2) is 67.0 Å². The second-order valence-corrected chi connectivity index (χ2v) is 24.8. The fraction of sp³-hybridized carbons (Fsp3) is 0.394. The second-order valence-electron chi connectivity index (χ2n) is 13.6. The quantitative estimate of drug-likeness (QED) is 0.0914. The molecule has 3 heterocycles. The second kappa shape index (κ2) is 14.1. The fourth-order valence-corrected chi connectivity index (χ4v) is 6.18. The molecule has 0 radical (unpaired) electrons. The molecule has 0 amide bonds. The standard InChI is InChI=1S/C33H45N7O3Si2/c1-41-26-12-10-11-25(21-26)32-34-16-15-30(37-32)35-28-22-39(23-42-17-19-44(2,3)4)38-31(28)33-36-27-13-8-9-14-29(27)40(33)24-43-18-20-45(5,6)7/h8-16,21-22H,17-20,23-24H2,1-7H3,(H,34,35,37). The van der Waals surface area contributed by atoms with Gasteiger partial charge in [0.1, 0.15) is 25.0 Å². The van der Waals surface area contributed by atoms with E-state index in [0.29, 0.717) is 44.0 Å². The van der Waals surface area contributed by atoms with Gasteiger partial charge in [-0.05, 0) is 42.4 Å². The van der Waals surface area contributed by atoms with Crippen molar-refractivity contribution in [3.05, 3.63) is 67.0 Å². The molecule has 10 nitrogen and oxygen atoms in total. The molecular weight excluding hydrogens is 599 g/mol. The summed E-state index contributed by atoms with van der Waals surface area (Å²) in [6, 6.07) is 19.9. The number of hydrogen-bond donors (Lipinski definition) is 1. The van der Waals surface area contributed by atoms with Gasteiger partial charge in [0.25, 0.3) is 0 Å². The summed E-state index contributed by atoms with van der Waals surface area (Å²) in [5, 5.41) is 8.49. The molecule has 0 unspecified atom stereocenters. The lowest BCUT2D eigenvalue weighted by atomic mass is 10.2. The van der Waals surface area contributed by atoms with Crippen LogP contribution in [0.5, 0.6) is 5.75 Å².